The Morgan fingerprint density at radius 3 is 2.47 bits per heavy atom. The van der Waals surface area contributed by atoms with Gasteiger partial charge >= 0.3 is 0 Å². The number of hydrogen-bond acceptors (Lipinski definition) is 2. The molecule has 1 aromatic carbocycles. The molecule has 0 aliphatic heterocycles. The van der Waals surface area contributed by atoms with Gasteiger partial charge in [0.2, 0.25) is 5.91 Å². The summed E-state index contributed by atoms with van der Waals surface area (Å²) in [5, 5.41) is 2.47. The van der Waals surface area contributed by atoms with Crippen LogP contribution in [-0.2, 0) is 4.79 Å². The minimum atomic E-state index is -1.16. The van der Waals surface area contributed by atoms with Crippen LogP contribution < -0.4 is 11.1 Å². The first-order valence-electron chi connectivity index (χ1n) is 4.81. The molecule has 0 unspecified atom stereocenters. The Hall–Kier alpha value is -1.43. The molecule has 3 N–H and O–H groups in total. The summed E-state index contributed by atoms with van der Waals surface area (Å²) >= 11 is 3.08. The Balaban J connectivity index is 2.95. The number of carbonyl (C=O) groups is 2. The van der Waals surface area contributed by atoms with Crippen molar-refractivity contribution in [2.75, 3.05) is 0 Å². The van der Waals surface area contributed by atoms with Crippen LogP contribution in [0, 0.1) is 5.82 Å². The second-order valence-corrected chi connectivity index (χ2v) is 4.92. The molecule has 17 heavy (non-hydrogen) atoms. The maximum atomic E-state index is 12.8. The molecule has 0 aliphatic carbocycles. The van der Waals surface area contributed by atoms with Gasteiger partial charge in [0, 0.05) is 4.47 Å². The van der Waals surface area contributed by atoms with Crippen molar-refractivity contribution in [1.29, 1.82) is 0 Å². The molecule has 92 valence electrons. The summed E-state index contributed by atoms with van der Waals surface area (Å²) in [5.41, 5.74) is 4.21. The molecular weight excluding hydrogens is 291 g/mol. The fourth-order valence-corrected chi connectivity index (χ4v) is 1.62. The van der Waals surface area contributed by atoms with E-state index in [9.17, 15) is 14.0 Å². The van der Waals surface area contributed by atoms with Crippen molar-refractivity contribution in [2.45, 2.75) is 19.4 Å². The molecule has 1 aromatic rings. The maximum Gasteiger partial charge on any atom is 0.253 e. The lowest BCUT2D eigenvalue weighted by Crippen LogP contribution is -2.53. The van der Waals surface area contributed by atoms with Crippen LogP contribution in [0.1, 0.15) is 24.2 Å². The third-order valence-electron chi connectivity index (χ3n) is 2.22. The summed E-state index contributed by atoms with van der Waals surface area (Å²) in [4.78, 5) is 22.9. The normalized spacial score (nSPS) is 11.1. The van der Waals surface area contributed by atoms with Crippen LogP contribution in [0.4, 0.5) is 4.39 Å². The Bertz CT molecular complexity index is 475. The largest absolute Gasteiger partial charge is 0.368 e. The summed E-state index contributed by atoms with van der Waals surface area (Å²) in [6.07, 6.45) is 0. The minimum absolute atomic E-state index is 0.237. The van der Waals surface area contributed by atoms with E-state index in [0.717, 1.165) is 6.07 Å². The highest BCUT2D eigenvalue weighted by Gasteiger charge is 2.27. The first-order chi connectivity index (χ1) is 7.74. The zero-order chi connectivity index (χ0) is 13.2. The number of rotatable bonds is 3. The Labute approximate surface area is 107 Å². The van der Waals surface area contributed by atoms with Gasteiger partial charge in [0.1, 0.15) is 11.4 Å². The van der Waals surface area contributed by atoms with Crippen molar-refractivity contribution < 1.29 is 14.0 Å². The molecule has 0 saturated heterocycles. The van der Waals surface area contributed by atoms with Crippen LogP contribution in [0.5, 0.6) is 0 Å². The van der Waals surface area contributed by atoms with Gasteiger partial charge in [0.05, 0.1) is 5.56 Å². The molecule has 0 aliphatic rings. The third kappa shape index (κ3) is 3.26. The van der Waals surface area contributed by atoms with Crippen LogP contribution in [0.15, 0.2) is 22.7 Å². The van der Waals surface area contributed by atoms with E-state index in [2.05, 4.69) is 21.2 Å². The second kappa shape index (κ2) is 4.83. The van der Waals surface area contributed by atoms with Crippen LogP contribution in [-0.4, -0.2) is 17.4 Å². The van der Waals surface area contributed by atoms with Gasteiger partial charge in [-0.15, -0.1) is 0 Å². The number of nitrogens with two attached hydrogens (primary N) is 1. The van der Waals surface area contributed by atoms with Gasteiger partial charge in [-0.3, -0.25) is 9.59 Å². The molecule has 4 nitrogen and oxygen atoms in total. The third-order valence-corrected chi connectivity index (χ3v) is 2.87. The van der Waals surface area contributed by atoms with E-state index in [0.29, 0.717) is 4.47 Å². The molecular formula is C11H12BrFN2O2. The van der Waals surface area contributed by atoms with E-state index >= 15 is 0 Å². The molecule has 0 heterocycles. The van der Waals surface area contributed by atoms with Crippen molar-refractivity contribution in [3.8, 4) is 0 Å². The van der Waals surface area contributed by atoms with E-state index < -0.39 is 23.2 Å². The Kier molecular flexibility index (Phi) is 3.87. The Morgan fingerprint density at radius 2 is 2.00 bits per heavy atom. The van der Waals surface area contributed by atoms with Crippen molar-refractivity contribution in [3.63, 3.8) is 0 Å². The van der Waals surface area contributed by atoms with E-state index in [-0.39, 0.29) is 5.56 Å². The first kappa shape index (κ1) is 13.6. The summed E-state index contributed by atoms with van der Waals surface area (Å²) < 4.78 is 13.2. The lowest BCUT2D eigenvalue weighted by molar-refractivity contribution is -0.122. The summed E-state index contributed by atoms with van der Waals surface area (Å²) in [6.45, 7) is 2.98. The van der Waals surface area contributed by atoms with Crippen LogP contribution in [0.25, 0.3) is 0 Å². The average Bonchev–Trinajstić information content (AvgIpc) is 2.15. The number of halogens is 2. The summed E-state index contributed by atoms with van der Waals surface area (Å²) in [7, 11) is 0. The highest BCUT2D eigenvalue weighted by Crippen LogP contribution is 2.18. The molecule has 0 bridgehead atoms. The van der Waals surface area contributed by atoms with Gasteiger partial charge in [-0.05, 0) is 48.0 Å². The standard InChI is InChI=1S/C11H12BrFN2O2/c1-11(2,10(14)17)15-9(16)7-4-3-6(13)5-8(7)12/h3-5H,1-2H3,(H2,14,17)(H,15,16). The maximum absolute atomic E-state index is 12.8. The smallest absolute Gasteiger partial charge is 0.253 e. The van der Waals surface area contributed by atoms with Gasteiger partial charge in [-0.25, -0.2) is 4.39 Å². The lowest BCUT2D eigenvalue weighted by atomic mass is 10.0. The van der Waals surface area contributed by atoms with Gasteiger partial charge in [-0.2, -0.15) is 0 Å². The molecule has 0 aromatic heterocycles. The molecule has 1 rings (SSSR count). The molecule has 0 fully saturated rings. The van der Waals surface area contributed by atoms with E-state index in [1.165, 1.54) is 26.0 Å². The van der Waals surface area contributed by atoms with E-state index in [1.807, 2.05) is 0 Å². The molecule has 0 radical (unpaired) electrons. The van der Waals surface area contributed by atoms with E-state index in [4.69, 9.17) is 5.73 Å². The van der Waals surface area contributed by atoms with Gasteiger partial charge < -0.3 is 11.1 Å². The number of carbonyl (C=O) groups excluding carboxylic acids is 2. The number of hydrogen-bond donors (Lipinski definition) is 2. The Morgan fingerprint density at radius 1 is 1.41 bits per heavy atom. The average molecular weight is 303 g/mol. The molecule has 0 spiro atoms. The minimum Gasteiger partial charge on any atom is -0.368 e. The number of primary amides is 1. The van der Waals surface area contributed by atoms with Crippen molar-refractivity contribution in [1.82, 2.24) is 5.32 Å². The highest BCUT2D eigenvalue weighted by atomic mass is 79.9. The first-order valence-corrected chi connectivity index (χ1v) is 5.61. The van der Waals surface area contributed by atoms with Gasteiger partial charge in [0.15, 0.2) is 0 Å². The SMILES string of the molecule is CC(C)(NC(=O)c1ccc(F)cc1Br)C(N)=O. The number of benzene rings is 1. The predicted molar refractivity (Wildman–Crippen MR) is 64.8 cm³/mol. The van der Waals surface area contributed by atoms with Gasteiger partial charge in [-0.1, -0.05) is 0 Å². The quantitative estimate of drug-likeness (QED) is 0.890. The fourth-order valence-electron chi connectivity index (χ4n) is 1.09. The van der Waals surface area contributed by atoms with Crippen LogP contribution in [0.2, 0.25) is 0 Å². The zero-order valence-corrected chi connectivity index (χ0v) is 11.0. The molecule has 2 amide bonds. The van der Waals surface area contributed by atoms with Crippen molar-refractivity contribution in [2.24, 2.45) is 5.73 Å². The zero-order valence-electron chi connectivity index (χ0n) is 9.38. The van der Waals surface area contributed by atoms with Gasteiger partial charge in [0.25, 0.3) is 5.91 Å². The van der Waals surface area contributed by atoms with Crippen molar-refractivity contribution >= 4 is 27.7 Å². The lowest BCUT2D eigenvalue weighted by Gasteiger charge is -2.22. The molecule has 6 heteroatoms. The number of nitrogens with one attached hydrogen (secondary N) is 1. The van der Waals surface area contributed by atoms with E-state index in [1.54, 1.807) is 0 Å². The highest BCUT2D eigenvalue weighted by molar-refractivity contribution is 9.10. The second-order valence-electron chi connectivity index (χ2n) is 4.07. The topological polar surface area (TPSA) is 72.2 Å². The van der Waals surface area contributed by atoms with Crippen LogP contribution in [0.3, 0.4) is 0 Å². The fraction of sp³-hybridized carbons (Fsp3) is 0.273. The number of amides is 2. The summed E-state index contributed by atoms with van der Waals surface area (Å²) in [6, 6.07) is 3.66. The monoisotopic (exact) mass is 302 g/mol. The van der Waals surface area contributed by atoms with Crippen molar-refractivity contribution in [3.05, 3.63) is 34.1 Å². The summed E-state index contributed by atoms with van der Waals surface area (Å²) in [5.74, 6) is -1.60. The predicted octanol–water partition coefficient (Wildman–Crippen LogP) is 1.58. The molecule has 0 saturated carbocycles. The van der Waals surface area contributed by atoms with Crippen LogP contribution >= 0.6 is 15.9 Å². The molecule has 0 atom stereocenters.